The molecule has 50 heteroatoms. The summed E-state index contributed by atoms with van der Waals surface area (Å²) >= 11 is 7.91. The minimum absolute atomic E-state index is 0.0139. The maximum Gasteiger partial charge on any atom is 0.378 e. The lowest BCUT2D eigenvalue weighted by atomic mass is 9.84. The Labute approximate surface area is 743 Å². The van der Waals surface area contributed by atoms with Crippen molar-refractivity contribution in [3.8, 4) is 0 Å². The van der Waals surface area contributed by atoms with Gasteiger partial charge < -0.3 is 77.0 Å². The average Bonchev–Trinajstić information content (AvgIpc) is 1.65. The Morgan fingerprint density at radius 2 is 0.906 bits per heavy atom. The number of thioether (sulfide) groups is 2. The first-order chi connectivity index (χ1) is 60.1. The number of carboxylic acids is 3. The number of imide groups is 1. The van der Waals surface area contributed by atoms with Gasteiger partial charge in [0.25, 0.3) is 58.6 Å². The van der Waals surface area contributed by atoms with Crippen molar-refractivity contribution >= 4 is 193 Å². The molecule has 6 saturated heterocycles. The second-order valence-corrected chi connectivity index (χ2v) is 34.3. The lowest BCUT2D eigenvalue weighted by molar-refractivity contribution is -0.222. The van der Waals surface area contributed by atoms with Crippen molar-refractivity contribution in [1.82, 2.24) is 40.1 Å². The summed E-state index contributed by atoms with van der Waals surface area (Å²) in [4.78, 5) is 247. The molecule has 12 N–H and O–H groups in total. The fraction of sp³-hybridized carbons (Fsp3) is 0.364. The van der Waals surface area contributed by atoms with Gasteiger partial charge in [0.05, 0.1) is 55.3 Å². The quantitative estimate of drug-likeness (QED) is 0.00356. The maximum atomic E-state index is 13.3. The summed E-state index contributed by atoms with van der Waals surface area (Å²) in [5.74, 6) is -14.3. The molecular weight excluding hydrogens is 1790 g/mol. The van der Waals surface area contributed by atoms with E-state index in [2.05, 4.69) is 50.4 Å². The molecule has 7 aliphatic rings. The fourth-order valence-corrected chi connectivity index (χ4v) is 17.7. The number of aromatic nitrogens is 4. The zero-order chi connectivity index (χ0) is 93.5. The summed E-state index contributed by atoms with van der Waals surface area (Å²) in [5.41, 5.74) is 18.9. The molecule has 127 heavy (non-hydrogen) atoms. The highest BCUT2D eigenvalue weighted by Crippen LogP contribution is 2.55. The number of primary amides is 4. The van der Waals surface area contributed by atoms with E-state index >= 15 is 0 Å². The van der Waals surface area contributed by atoms with Gasteiger partial charge in [-0.05, 0) is 85.2 Å². The zero-order valence-electron chi connectivity index (χ0n) is 68.3. The first-order valence-corrected chi connectivity index (χ1v) is 42.8. The number of esters is 4. The molecule has 0 spiro atoms. The first kappa shape index (κ1) is 99.0. The van der Waals surface area contributed by atoms with Gasteiger partial charge in [0, 0.05) is 57.7 Å². The molecule has 0 radical (unpaired) electrons. The molecule has 7 aliphatic heterocycles. The summed E-state index contributed by atoms with van der Waals surface area (Å²) in [6.07, 6.45) is 3.84. The van der Waals surface area contributed by atoms with E-state index in [0.29, 0.717) is 36.6 Å². The van der Waals surface area contributed by atoms with Crippen molar-refractivity contribution in [3.63, 3.8) is 0 Å². The highest BCUT2D eigenvalue weighted by Gasteiger charge is 2.73. The number of amides is 9. The number of carbonyl (C=O) groups is 18. The number of hydroxylamine groups is 2. The number of oxime groups is 3. The number of nitrogens with zero attached hydrogens (tertiary/aromatic N) is 10. The van der Waals surface area contributed by atoms with E-state index in [1.54, 1.807) is 57.4 Å². The van der Waals surface area contributed by atoms with Crippen molar-refractivity contribution in [2.75, 3.05) is 51.1 Å². The van der Waals surface area contributed by atoms with Crippen molar-refractivity contribution in [3.05, 3.63) is 159 Å². The van der Waals surface area contributed by atoms with E-state index in [4.69, 9.17) is 66.9 Å². The van der Waals surface area contributed by atoms with Gasteiger partial charge in [-0.15, -0.1) is 73.9 Å². The molecule has 0 aliphatic carbocycles. The number of allylic oxidation sites excluding steroid dienone is 2. The van der Waals surface area contributed by atoms with Gasteiger partial charge in [0.1, 0.15) is 53.2 Å². The molecule has 0 unspecified atom stereocenters. The average molecular weight is 1870 g/mol. The van der Waals surface area contributed by atoms with Gasteiger partial charge in [-0.1, -0.05) is 69.1 Å². The monoisotopic (exact) mass is 1870 g/mol. The van der Waals surface area contributed by atoms with E-state index in [0.717, 1.165) is 16.7 Å². The number of nitrogens with two attached hydrogens (primary N) is 4. The Kier molecular flexibility index (Phi) is 35.0. The number of benzene rings is 2. The predicted octanol–water partition coefficient (Wildman–Crippen LogP) is 2.22. The number of ketones is 2. The van der Waals surface area contributed by atoms with Crippen molar-refractivity contribution in [2.45, 2.75) is 109 Å². The third kappa shape index (κ3) is 25.4. The summed E-state index contributed by atoms with van der Waals surface area (Å²) in [6.45, 7) is 12.4. The van der Waals surface area contributed by atoms with E-state index in [1.807, 2.05) is 58.0 Å². The van der Waals surface area contributed by atoms with Gasteiger partial charge in [-0.2, -0.15) is 0 Å². The molecule has 11 heterocycles. The van der Waals surface area contributed by atoms with Crippen LogP contribution >= 0.6 is 68.9 Å². The number of aliphatic carboxylic acids is 3. The lowest BCUT2D eigenvalue weighted by Gasteiger charge is -2.57. The van der Waals surface area contributed by atoms with Crippen LogP contribution in [0.3, 0.4) is 0 Å². The number of hydrogen-bond acceptors (Lipinski definition) is 39. The van der Waals surface area contributed by atoms with Crippen molar-refractivity contribution in [1.29, 1.82) is 0 Å². The normalized spacial score (nSPS) is 20.1. The molecule has 2 aromatic carbocycles. The Bertz CT molecular complexity index is 5320. The van der Waals surface area contributed by atoms with E-state index < -0.39 is 162 Å². The summed E-state index contributed by atoms with van der Waals surface area (Å²) < 4.78 is 21.7. The number of carbonyl (C=O) groups excluding carboxylic acids is 15. The van der Waals surface area contributed by atoms with Crippen LogP contribution in [0.1, 0.15) is 121 Å². The lowest BCUT2D eigenvalue weighted by Crippen LogP contribution is -2.80. The molecule has 0 bridgehead atoms. The maximum absolute atomic E-state index is 13.3. The number of β-lactam (4-membered cyclic amide) rings is 2. The molecule has 13 rings (SSSR count). The fourth-order valence-electron chi connectivity index (χ4n) is 12.1. The predicted molar refractivity (Wildman–Crippen MR) is 448 cm³/mol. The number of fused-ring (bicyclic) bond motifs is 7. The number of aryl methyl sites for hydroxylation is 4. The number of hydrogen-bond donors (Lipinski definition) is 8. The Hall–Kier alpha value is -13.4. The van der Waals surface area contributed by atoms with Crippen LogP contribution < -0.4 is 28.3 Å². The summed E-state index contributed by atoms with van der Waals surface area (Å²) in [5, 5.41) is 47.2. The largest absolute Gasteiger partial charge is 0.476 e. The van der Waals surface area contributed by atoms with Crippen molar-refractivity contribution < 1.29 is 140 Å². The molecule has 6 aromatic rings. The Morgan fingerprint density at radius 1 is 0.520 bits per heavy atom. The minimum atomic E-state index is -1.88. The number of ether oxygens (including phenoxy) is 4. The van der Waals surface area contributed by atoms with E-state index in [1.165, 1.54) is 107 Å². The topological polar surface area (TPSA) is 656 Å². The number of thiazole rings is 4. The molecule has 4 aromatic heterocycles. The van der Waals surface area contributed by atoms with Crippen LogP contribution in [0.2, 0.25) is 0 Å². The van der Waals surface area contributed by atoms with E-state index in [-0.39, 0.29) is 107 Å². The number of carboxylic acid groups (broad SMARTS) is 3. The Morgan fingerprint density at radius 3 is 1.29 bits per heavy atom. The van der Waals surface area contributed by atoms with E-state index in [9.17, 15) is 86.3 Å². The second kappa shape index (κ2) is 44.9. The van der Waals surface area contributed by atoms with Crippen LogP contribution in [-0.2, 0) is 117 Å². The number of nitrogens with one attached hydrogen (secondary N) is 1. The highest BCUT2D eigenvalue weighted by atomic mass is 32.2. The van der Waals surface area contributed by atoms with Crippen LogP contribution in [0.5, 0.6) is 0 Å². The van der Waals surface area contributed by atoms with Crippen LogP contribution in [0.25, 0.3) is 0 Å². The summed E-state index contributed by atoms with van der Waals surface area (Å²) in [6, 6.07) is 14.7. The number of Topliss-reactive ketones (excluding diaryl/α,β-unsaturated/α-hetero) is 2. The van der Waals surface area contributed by atoms with Gasteiger partial charge in [0.2, 0.25) is 23.2 Å². The van der Waals surface area contributed by atoms with Gasteiger partial charge in [-0.3, -0.25) is 77.0 Å². The molecule has 8 atom stereocenters. The molecule has 674 valence electrons. The third-order valence-corrected chi connectivity index (χ3v) is 23.7. The van der Waals surface area contributed by atoms with Gasteiger partial charge >= 0.3 is 41.8 Å². The van der Waals surface area contributed by atoms with Crippen molar-refractivity contribution in [2.24, 2.45) is 56.2 Å². The van der Waals surface area contributed by atoms with Crippen LogP contribution in [-0.4, -0.2) is 253 Å². The van der Waals surface area contributed by atoms with Gasteiger partial charge in [-0.25, -0.2) is 43.9 Å². The van der Waals surface area contributed by atoms with Crippen LogP contribution in [0, 0.1) is 45.4 Å². The smallest absolute Gasteiger partial charge is 0.378 e. The number of rotatable bonds is 31. The minimum Gasteiger partial charge on any atom is -0.476 e. The molecule has 6 fully saturated rings. The van der Waals surface area contributed by atoms with Crippen LogP contribution in [0.4, 0.5) is 0 Å². The highest BCUT2D eigenvalue weighted by molar-refractivity contribution is 8.00. The third-order valence-electron chi connectivity index (χ3n) is 17.7. The molecule has 9 amide bonds. The van der Waals surface area contributed by atoms with Crippen LogP contribution in [0.15, 0.2) is 115 Å². The molecule has 44 nitrogen and oxygen atoms in total. The standard InChI is InChI=1S/C23H25NO6S.C22H25N5O8S2.C10H8N2O4.2C8H9N3O4S.C6H5NO3S/c1-14(2)8-9-29-22(28)23-16(11-19(26)30-23)13-31-21-18(20(27)24(21)23)12-17(25)10-15-6-4-3-5-7-15;1-10(2)4-5-33-21(32)22-12(6-15(29)35-22)8-37-20-17(19(31)27(20)22)25-18(30)16(26-34-7-14(23)28)13-9-36-11(3)24-13;11-8(13)5-16-12-9(14)6-3-1-2-4-7(6)10(12)15;2*1-4-10-5(3-16-4)7(8(13)14)11-15-2-6(9)12;1-3-7-4(2-11-3)5(8)6(9)10/h3-8,16,18,21H,9-13H2,1-2H3;4,9,12,17,20H,5-8H2,1-3H3,(H2,23,28)(H,25,30);1-4H,5H2,(H2,11,13);2*3H,2H2,1H3,(H2,9,12)(H,13,14);2H,1H3,(H,9,10)/b;26-16-;;2*11-7-;/t16-,18+,21+,23+;12-,17+,20+,22+;;;;/m00..../s1. The Balaban J connectivity index is 0.000000199. The van der Waals surface area contributed by atoms with Gasteiger partial charge in [0.15, 0.2) is 32.1 Å². The molecule has 0 saturated carbocycles. The SMILES string of the molecule is CC(C)=CCOC(=O)[C@]12OC(=O)C[C@H]1CS[C@@H]1[C@H](CC(=O)Cc3ccccc3)C(=O)N12.CC(C)=CCOC(=O)[C@]12OC(=O)C[C@H]1CS[C@@H]1[C@H](NC(=O)/C(=N\OCC(N)=O)c3csc(C)n3)C(=O)N12.Cc1nc(/C(=N/OCC(N)=O)C(=O)O)cs1.Cc1nc(/C(=N/OCC(N)=O)C(=O)O)cs1.Cc1nc(C(=O)C(=O)O)cs1.NC(=O)CON1C(=O)c2ccccc2C1=O. The zero-order valence-corrected chi connectivity index (χ0v) is 73.2. The first-order valence-electron chi connectivity index (χ1n) is 37.2. The second-order valence-electron chi connectivity index (χ2n) is 27.7. The molecular formula is C77H81N15O29S6. The summed E-state index contributed by atoms with van der Waals surface area (Å²) in [7, 11) is 0.